The largest absolute Gasteiger partial charge is 0.332 e. The number of hydrogen-bond acceptors (Lipinski definition) is 4. The smallest absolute Gasteiger partial charge is 0.234 e. The van der Waals surface area contributed by atoms with Crippen molar-refractivity contribution >= 4 is 29.3 Å². The quantitative estimate of drug-likeness (QED) is 0.786. The fourth-order valence-electron chi connectivity index (χ4n) is 1.93. The maximum absolute atomic E-state index is 11.8. The van der Waals surface area contributed by atoms with Crippen molar-refractivity contribution in [2.24, 2.45) is 0 Å². The van der Waals surface area contributed by atoms with E-state index in [1.807, 2.05) is 38.1 Å². The maximum atomic E-state index is 11.8. The number of hydrogen-bond donors (Lipinski definition) is 3. The Morgan fingerprint density at radius 1 is 1.40 bits per heavy atom. The molecule has 2 amide bonds. The first-order valence-corrected chi connectivity index (χ1v) is 7.61. The summed E-state index contributed by atoms with van der Waals surface area (Å²) in [6.45, 7) is 3.96. The van der Waals surface area contributed by atoms with Crippen LogP contribution in [0.3, 0.4) is 0 Å². The zero-order chi connectivity index (χ0) is 14.5. The van der Waals surface area contributed by atoms with Gasteiger partial charge in [0, 0.05) is 18.2 Å². The van der Waals surface area contributed by atoms with E-state index in [-0.39, 0.29) is 23.4 Å². The Hall–Kier alpha value is -1.53. The summed E-state index contributed by atoms with van der Waals surface area (Å²) in [6.07, 6.45) is 0.479. The molecule has 6 heteroatoms. The predicted octanol–water partition coefficient (Wildman–Crippen LogP) is 1.45. The molecule has 0 spiro atoms. The van der Waals surface area contributed by atoms with Gasteiger partial charge in [-0.2, -0.15) is 0 Å². The lowest BCUT2D eigenvalue weighted by Crippen LogP contribution is -2.53. The van der Waals surface area contributed by atoms with Crippen molar-refractivity contribution < 1.29 is 9.59 Å². The van der Waals surface area contributed by atoms with Gasteiger partial charge >= 0.3 is 0 Å². The molecule has 108 valence electrons. The number of amides is 2. The van der Waals surface area contributed by atoms with Crippen molar-refractivity contribution in [1.82, 2.24) is 10.6 Å². The van der Waals surface area contributed by atoms with Crippen LogP contribution in [0.2, 0.25) is 0 Å². The minimum Gasteiger partial charge on any atom is -0.332 e. The lowest BCUT2D eigenvalue weighted by atomic mass is 10.2. The van der Waals surface area contributed by atoms with Crippen molar-refractivity contribution in [3.8, 4) is 0 Å². The van der Waals surface area contributed by atoms with E-state index in [0.29, 0.717) is 12.2 Å². The van der Waals surface area contributed by atoms with Gasteiger partial charge in [0.1, 0.15) is 5.50 Å². The monoisotopic (exact) mass is 293 g/mol. The molecule has 1 aliphatic heterocycles. The summed E-state index contributed by atoms with van der Waals surface area (Å²) < 4.78 is 0. The van der Waals surface area contributed by atoms with E-state index < -0.39 is 0 Å². The van der Waals surface area contributed by atoms with Crippen LogP contribution in [0.25, 0.3) is 0 Å². The van der Waals surface area contributed by atoms with Gasteiger partial charge in [0.25, 0.3) is 0 Å². The van der Waals surface area contributed by atoms with Crippen LogP contribution in [-0.4, -0.2) is 29.1 Å². The topological polar surface area (TPSA) is 70.2 Å². The first-order chi connectivity index (χ1) is 9.52. The molecule has 3 N–H and O–H groups in total. The Morgan fingerprint density at radius 2 is 2.10 bits per heavy atom. The lowest BCUT2D eigenvalue weighted by Gasteiger charge is -2.28. The second-order valence-corrected chi connectivity index (χ2v) is 6.04. The van der Waals surface area contributed by atoms with E-state index in [2.05, 4.69) is 16.0 Å². The molecule has 0 bridgehead atoms. The predicted molar refractivity (Wildman–Crippen MR) is 81.4 cm³/mol. The molecule has 0 aliphatic carbocycles. The number of thioether (sulfide) groups is 1. The van der Waals surface area contributed by atoms with E-state index in [1.54, 1.807) is 0 Å². The Kier molecular flexibility index (Phi) is 5.03. The van der Waals surface area contributed by atoms with Crippen LogP contribution in [0, 0.1) is 6.92 Å². The van der Waals surface area contributed by atoms with Crippen molar-refractivity contribution in [2.45, 2.75) is 31.8 Å². The molecule has 1 heterocycles. The number of anilines is 1. The van der Waals surface area contributed by atoms with Crippen LogP contribution in [0.5, 0.6) is 0 Å². The second-order valence-electron chi connectivity index (χ2n) is 4.94. The van der Waals surface area contributed by atoms with Gasteiger partial charge in [0.15, 0.2) is 0 Å². The van der Waals surface area contributed by atoms with Crippen LogP contribution in [0.4, 0.5) is 5.69 Å². The average Bonchev–Trinajstić information content (AvgIpc) is 2.38. The highest BCUT2D eigenvalue weighted by Gasteiger charge is 2.23. The molecule has 2 rings (SSSR count). The number of carbonyl (C=O) groups excluding carboxylic acids is 2. The molecule has 20 heavy (non-hydrogen) atoms. The minimum atomic E-state index is -0.199. The number of aryl methyl sites for hydroxylation is 1. The SMILES string of the molecule is Cc1ccc(NC(=O)CSC2NC(=O)CC(C)N2)cc1. The first-order valence-electron chi connectivity index (χ1n) is 6.56. The molecule has 0 radical (unpaired) electrons. The second kappa shape index (κ2) is 6.76. The summed E-state index contributed by atoms with van der Waals surface area (Å²) in [7, 11) is 0. The Bertz CT molecular complexity index is 490. The fourth-order valence-corrected chi connectivity index (χ4v) is 2.86. The van der Waals surface area contributed by atoms with Crippen LogP contribution >= 0.6 is 11.8 Å². The molecule has 1 fully saturated rings. The maximum Gasteiger partial charge on any atom is 0.234 e. The molecule has 0 aromatic heterocycles. The number of nitrogens with one attached hydrogen (secondary N) is 3. The van der Waals surface area contributed by atoms with E-state index in [9.17, 15) is 9.59 Å². The standard InChI is InChI=1S/C14H19N3O2S/c1-9-3-5-11(6-4-9)16-13(19)8-20-14-15-10(2)7-12(18)17-14/h3-6,10,14-15H,7-8H2,1-2H3,(H,16,19)(H,17,18). The zero-order valence-electron chi connectivity index (χ0n) is 11.6. The van der Waals surface area contributed by atoms with Gasteiger partial charge in [0.05, 0.1) is 5.75 Å². The van der Waals surface area contributed by atoms with Crippen LogP contribution in [0.15, 0.2) is 24.3 Å². The van der Waals surface area contributed by atoms with Gasteiger partial charge in [0.2, 0.25) is 11.8 Å². The van der Waals surface area contributed by atoms with Crippen molar-refractivity contribution in [3.63, 3.8) is 0 Å². The molecule has 2 unspecified atom stereocenters. The molecule has 1 saturated heterocycles. The van der Waals surface area contributed by atoms with Crippen LogP contribution in [-0.2, 0) is 9.59 Å². The Labute approximate surface area is 122 Å². The number of carbonyl (C=O) groups is 2. The molecule has 2 atom stereocenters. The Morgan fingerprint density at radius 3 is 2.75 bits per heavy atom. The van der Waals surface area contributed by atoms with Crippen LogP contribution in [0.1, 0.15) is 18.9 Å². The fraction of sp³-hybridized carbons (Fsp3) is 0.429. The van der Waals surface area contributed by atoms with Crippen LogP contribution < -0.4 is 16.0 Å². The van der Waals surface area contributed by atoms with E-state index in [4.69, 9.17) is 0 Å². The molecule has 1 aromatic carbocycles. The highest BCUT2D eigenvalue weighted by molar-refractivity contribution is 8.00. The van der Waals surface area contributed by atoms with Crippen molar-refractivity contribution in [3.05, 3.63) is 29.8 Å². The molecule has 0 saturated carbocycles. The average molecular weight is 293 g/mol. The number of benzene rings is 1. The third-order valence-electron chi connectivity index (χ3n) is 2.94. The molecular weight excluding hydrogens is 274 g/mol. The summed E-state index contributed by atoms with van der Waals surface area (Å²) in [5.74, 6) is 0.235. The summed E-state index contributed by atoms with van der Waals surface area (Å²) in [6, 6.07) is 7.79. The third-order valence-corrected chi connectivity index (χ3v) is 3.95. The first kappa shape index (κ1) is 14.9. The lowest BCUT2D eigenvalue weighted by molar-refractivity contribution is -0.123. The normalized spacial score (nSPS) is 22.2. The van der Waals surface area contributed by atoms with Gasteiger partial charge in [-0.1, -0.05) is 17.7 Å². The summed E-state index contributed by atoms with van der Waals surface area (Å²) in [5, 5.41) is 8.86. The highest BCUT2D eigenvalue weighted by Crippen LogP contribution is 2.13. The van der Waals surface area contributed by atoms with Crippen molar-refractivity contribution in [2.75, 3.05) is 11.1 Å². The third kappa shape index (κ3) is 4.54. The molecule has 1 aliphatic rings. The van der Waals surface area contributed by atoms with Gasteiger partial charge in [-0.3, -0.25) is 14.9 Å². The van der Waals surface area contributed by atoms with E-state index in [0.717, 1.165) is 11.3 Å². The summed E-state index contributed by atoms with van der Waals surface area (Å²) in [4.78, 5) is 23.2. The highest BCUT2D eigenvalue weighted by atomic mass is 32.2. The number of rotatable bonds is 4. The molecule has 1 aromatic rings. The van der Waals surface area contributed by atoms with E-state index >= 15 is 0 Å². The minimum absolute atomic E-state index is 0.0210. The zero-order valence-corrected chi connectivity index (χ0v) is 12.4. The van der Waals surface area contributed by atoms with Gasteiger partial charge in [-0.25, -0.2) is 0 Å². The van der Waals surface area contributed by atoms with Gasteiger partial charge in [-0.05, 0) is 26.0 Å². The summed E-state index contributed by atoms with van der Waals surface area (Å²) >= 11 is 1.38. The Balaban J connectivity index is 1.77. The van der Waals surface area contributed by atoms with Crippen molar-refractivity contribution in [1.29, 1.82) is 0 Å². The van der Waals surface area contributed by atoms with E-state index in [1.165, 1.54) is 11.8 Å². The molecular formula is C14H19N3O2S. The summed E-state index contributed by atoms with van der Waals surface area (Å²) in [5.41, 5.74) is 1.74. The molecule has 5 nitrogen and oxygen atoms in total. The van der Waals surface area contributed by atoms with Gasteiger partial charge in [-0.15, -0.1) is 11.8 Å². The van der Waals surface area contributed by atoms with Gasteiger partial charge < -0.3 is 10.6 Å².